The lowest BCUT2D eigenvalue weighted by atomic mass is 10.2. The van der Waals surface area contributed by atoms with Crippen LogP contribution in [0, 0.1) is 0 Å². The molecule has 5 nitrogen and oxygen atoms in total. The molecule has 1 amide bonds. The molecule has 2 rings (SSSR count). The van der Waals surface area contributed by atoms with Gasteiger partial charge in [-0.2, -0.15) is 0 Å². The highest BCUT2D eigenvalue weighted by atomic mass is 32.2. The van der Waals surface area contributed by atoms with E-state index in [-0.39, 0.29) is 5.91 Å². The zero-order valence-electron chi connectivity index (χ0n) is 12.4. The Hall–Kier alpha value is -1.56. The summed E-state index contributed by atoms with van der Waals surface area (Å²) in [5, 5.41) is 0. The molecule has 21 heavy (non-hydrogen) atoms. The third kappa shape index (κ3) is 4.46. The van der Waals surface area contributed by atoms with E-state index in [2.05, 4.69) is 0 Å². The van der Waals surface area contributed by atoms with Crippen molar-refractivity contribution in [1.82, 2.24) is 4.90 Å². The maximum Gasteiger partial charge on any atom is 0.232 e. The topological polar surface area (TPSA) is 57.7 Å². The van der Waals surface area contributed by atoms with Gasteiger partial charge >= 0.3 is 0 Å². The van der Waals surface area contributed by atoms with Crippen molar-refractivity contribution < 1.29 is 13.2 Å². The molecule has 116 valence electrons. The first kappa shape index (κ1) is 15.8. The van der Waals surface area contributed by atoms with Crippen LogP contribution < -0.4 is 4.31 Å². The van der Waals surface area contributed by atoms with Gasteiger partial charge in [0.1, 0.15) is 0 Å². The minimum atomic E-state index is -3.33. The maximum absolute atomic E-state index is 12.0. The Morgan fingerprint density at radius 2 is 1.81 bits per heavy atom. The lowest BCUT2D eigenvalue weighted by Crippen LogP contribution is -2.32. The third-order valence-electron chi connectivity index (χ3n) is 3.66. The minimum absolute atomic E-state index is 0.133. The van der Waals surface area contributed by atoms with Crippen molar-refractivity contribution in [3.8, 4) is 0 Å². The molecule has 1 fully saturated rings. The first-order valence-corrected chi connectivity index (χ1v) is 9.14. The van der Waals surface area contributed by atoms with Gasteiger partial charge in [0.2, 0.25) is 15.9 Å². The second-order valence-electron chi connectivity index (χ2n) is 5.36. The Balaban J connectivity index is 1.93. The van der Waals surface area contributed by atoms with Gasteiger partial charge in [-0.3, -0.25) is 9.10 Å². The van der Waals surface area contributed by atoms with Gasteiger partial charge < -0.3 is 4.90 Å². The van der Waals surface area contributed by atoms with Crippen LogP contribution in [0.1, 0.15) is 25.7 Å². The van der Waals surface area contributed by atoms with Crippen molar-refractivity contribution in [2.45, 2.75) is 25.7 Å². The fourth-order valence-electron chi connectivity index (χ4n) is 2.58. The van der Waals surface area contributed by atoms with Gasteiger partial charge in [0, 0.05) is 26.1 Å². The van der Waals surface area contributed by atoms with Crippen molar-refractivity contribution >= 4 is 21.6 Å². The maximum atomic E-state index is 12.0. The van der Waals surface area contributed by atoms with Crippen LogP contribution >= 0.6 is 0 Å². The summed E-state index contributed by atoms with van der Waals surface area (Å²) in [5.74, 6) is 0.133. The van der Waals surface area contributed by atoms with Crippen molar-refractivity contribution in [3.63, 3.8) is 0 Å². The lowest BCUT2D eigenvalue weighted by molar-refractivity contribution is -0.130. The van der Waals surface area contributed by atoms with E-state index < -0.39 is 10.0 Å². The van der Waals surface area contributed by atoms with Crippen LogP contribution in [0.3, 0.4) is 0 Å². The number of rotatable bonds is 6. The number of carbonyl (C=O) groups is 1. The average molecular weight is 310 g/mol. The van der Waals surface area contributed by atoms with E-state index in [4.69, 9.17) is 0 Å². The van der Waals surface area contributed by atoms with Crippen molar-refractivity contribution in [3.05, 3.63) is 30.3 Å². The molecule has 0 unspecified atom stereocenters. The highest BCUT2D eigenvalue weighted by Gasteiger charge is 2.20. The number of sulfonamides is 1. The van der Waals surface area contributed by atoms with E-state index in [1.54, 1.807) is 12.1 Å². The van der Waals surface area contributed by atoms with Crippen LogP contribution in [-0.2, 0) is 14.8 Å². The highest BCUT2D eigenvalue weighted by Crippen LogP contribution is 2.18. The number of hydrogen-bond donors (Lipinski definition) is 0. The molecule has 0 saturated carbocycles. The van der Waals surface area contributed by atoms with E-state index in [1.165, 1.54) is 10.6 Å². The van der Waals surface area contributed by atoms with Crippen LogP contribution in [0.15, 0.2) is 30.3 Å². The van der Waals surface area contributed by atoms with Gasteiger partial charge in [-0.15, -0.1) is 0 Å². The Bertz CT molecular complexity index is 566. The predicted octanol–water partition coefficient (Wildman–Crippen LogP) is 1.86. The van der Waals surface area contributed by atoms with Gasteiger partial charge in [0.05, 0.1) is 11.9 Å². The Labute approximate surface area is 126 Å². The molecule has 1 saturated heterocycles. The average Bonchev–Trinajstić information content (AvgIpc) is 2.97. The number of benzene rings is 1. The summed E-state index contributed by atoms with van der Waals surface area (Å²) < 4.78 is 25.2. The van der Waals surface area contributed by atoms with Crippen molar-refractivity contribution in [1.29, 1.82) is 0 Å². The van der Waals surface area contributed by atoms with Crippen LogP contribution in [0.4, 0.5) is 5.69 Å². The van der Waals surface area contributed by atoms with E-state index in [9.17, 15) is 13.2 Å². The number of carbonyl (C=O) groups excluding carboxylic acids is 1. The van der Waals surface area contributed by atoms with Crippen molar-refractivity contribution in [2.75, 3.05) is 30.2 Å². The molecular weight excluding hydrogens is 288 g/mol. The molecule has 0 aliphatic carbocycles. The number of hydrogen-bond acceptors (Lipinski definition) is 3. The predicted molar refractivity (Wildman–Crippen MR) is 83.7 cm³/mol. The molecule has 1 heterocycles. The number of amides is 1. The summed E-state index contributed by atoms with van der Waals surface area (Å²) in [6.07, 6.45) is 4.29. The molecule has 1 aromatic rings. The van der Waals surface area contributed by atoms with Gasteiger partial charge in [0.15, 0.2) is 0 Å². The zero-order valence-corrected chi connectivity index (χ0v) is 13.2. The first-order valence-electron chi connectivity index (χ1n) is 7.29. The quantitative estimate of drug-likeness (QED) is 0.806. The van der Waals surface area contributed by atoms with E-state index in [1.807, 2.05) is 23.1 Å². The second-order valence-corrected chi connectivity index (χ2v) is 7.27. The van der Waals surface area contributed by atoms with Crippen LogP contribution in [0.25, 0.3) is 0 Å². The zero-order chi connectivity index (χ0) is 15.3. The molecule has 1 aliphatic heterocycles. The highest BCUT2D eigenvalue weighted by molar-refractivity contribution is 7.92. The lowest BCUT2D eigenvalue weighted by Gasteiger charge is -2.23. The van der Waals surface area contributed by atoms with Gasteiger partial charge in [0.25, 0.3) is 0 Å². The summed E-state index contributed by atoms with van der Waals surface area (Å²) in [6, 6.07) is 9.00. The molecule has 0 radical (unpaired) electrons. The monoisotopic (exact) mass is 310 g/mol. The number of para-hydroxylation sites is 1. The molecule has 0 atom stereocenters. The minimum Gasteiger partial charge on any atom is -0.343 e. The molecular formula is C15H22N2O3S. The van der Waals surface area contributed by atoms with Gasteiger partial charge in [-0.1, -0.05) is 18.2 Å². The fourth-order valence-corrected chi connectivity index (χ4v) is 3.54. The summed E-state index contributed by atoms with van der Waals surface area (Å²) in [5.41, 5.74) is 0.647. The number of likely N-dealkylation sites (tertiary alicyclic amines) is 1. The number of nitrogens with zero attached hydrogens (tertiary/aromatic N) is 2. The largest absolute Gasteiger partial charge is 0.343 e. The van der Waals surface area contributed by atoms with E-state index in [0.717, 1.165) is 25.9 Å². The van der Waals surface area contributed by atoms with Gasteiger partial charge in [-0.25, -0.2) is 8.42 Å². The normalized spacial score (nSPS) is 15.2. The van der Waals surface area contributed by atoms with E-state index >= 15 is 0 Å². The second kappa shape index (κ2) is 6.93. The molecule has 6 heteroatoms. The van der Waals surface area contributed by atoms with Gasteiger partial charge in [-0.05, 0) is 31.4 Å². The molecule has 0 bridgehead atoms. The van der Waals surface area contributed by atoms with E-state index in [0.29, 0.717) is 25.1 Å². The third-order valence-corrected chi connectivity index (χ3v) is 4.85. The molecule has 1 aliphatic rings. The summed E-state index contributed by atoms with van der Waals surface area (Å²) >= 11 is 0. The SMILES string of the molecule is CS(=O)(=O)N(CCCC(=O)N1CCCC1)c1ccccc1. The summed E-state index contributed by atoms with van der Waals surface area (Å²) in [7, 11) is -3.33. The van der Waals surface area contributed by atoms with Crippen molar-refractivity contribution in [2.24, 2.45) is 0 Å². The Morgan fingerprint density at radius 3 is 2.38 bits per heavy atom. The summed E-state index contributed by atoms with van der Waals surface area (Å²) in [4.78, 5) is 13.8. The Kier molecular flexibility index (Phi) is 5.22. The Morgan fingerprint density at radius 1 is 1.19 bits per heavy atom. The fraction of sp³-hybridized carbons (Fsp3) is 0.533. The van der Waals surface area contributed by atoms with Crippen LogP contribution in [0.2, 0.25) is 0 Å². The molecule has 0 N–H and O–H groups in total. The van der Waals surface area contributed by atoms with Crippen LogP contribution in [0.5, 0.6) is 0 Å². The molecule has 0 spiro atoms. The van der Waals surface area contributed by atoms with Crippen LogP contribution in [-0.4, -0.2) is 45.1 Å². The number of anilines is 1. The smallest absolute Gasteiger partial charge is 0.232 e. The first-order chi connectivity index (χ1) is 9.98. The molecule has 1 aromatic carbocycles. The molecule has 0 aromatic heterocycles. The summed E-state index contributed by atoms with van der Waals surface area (Å²) in [6.45, 7) is 2.02. The standard InChI is InChI=1S/C15H22N2O3S/c1-21(19,20)17(14-8-3-2-4-9-14)13-7-10-15(18)16-11-5-6-12-16/h2-4,8-9H,5-7,10-13H2,1H3.